The Balaban J connectivity index is 2.23. The summed E-state index contributed by atoms with van der Waals surface area (Å²) in [6, 6.07) is 10.2. The summed E-state index contributed by atoms with van der Waals surface area (Å²) in [4.78, 5) is 22.5. The van der Waals surface area contributed by atoms with Crippen molar-refractivity contribution in [3.63, 3.8) is 0 Å². The van der Waals surface area contributed by atoms with Gasteiger partial charge in [-0.15, -0.1) is 0 Å². The highest BCUT2D eigenvalue weighted by atomic mass is 16.6. The Morgan fingerprint density at radius 2 is 1.61 bits per heavy atom. The lowest BCUT2D eigenvalue weighted by molar-refractivity contribution is -0.383. The lowest BCUT2D eigenvalue weighted by atomic mass is 10.2. The van der Waals surface area contributed by atoms with Crippen molar-refractivity contribution in [1.29, 1.82) is 0 Å². The van der Waals surface area contributed by atoms with E-state index in [0.717, 1.165) is 0 Å². The van der Waals surface area contributed by atoms with Crippen LogP contribution < -0.4 is 20.1 Å². The maximum absolute atomic E-state index is 12.1. The van der Waals surface area contributed by atoms with E-state index in [-0.39, 0.29) is 11.4 Å². The van der Waals surface area contributed by atoms with Crippen LogP contribution in [0.5, 0.6) is 11.5 Å². The summed E-state index contributed by atoms with van der Waals surface area (Å²) in [7, 11) is 2.92. The first-order valence-corrected chi connectivity index (χ1v) is 6.59. The van der Waals surface area contributed by atoms with Crippen molar-refractivity contribution in [1.82, 2.24) is 0 Å². The number of hydrogen-bond donors (Lipinski definition) is 2. The van der Waals surface area contributed by atoms with Crippen molar-refractivity contribution >= 4 is 23.1 Å². The monoisotopic (exact) mass is 317 g/mol. The van der Waals surface area contributed by atoms with Crippen LogP contribution >= 0.6 is 0 Å². The molecule has 0 unspecified atom stereocenters. The molecule has 2 amide bonds. The van der Waals surface area contributed by atoms with Gasteiger partial charge in [0.15, 0.2) is 0 Å². The molecular formula is C15H15N3O5. The number of ether oxygens (including phenoxy) is 2. The van der Waals surface area contributed by atoms with E-state index in [1.807, 2.05) is 0 Å². The topological polar surface area (TPSA) is 103 Å². The van der Waals surface area contributed by atoms with Gasteiger partial charge in [-0.05, 0) is 18.2 Å². The summed E-state index contributed by atoms with van der Waals surface area (Å²) in [6.45, 7) is 0. The number of nitro groups is 1. The molecule has 2 aromatic rings. The lowest BCUT2D eigenvalue weighted by Crippen LogP contribution is -2.20. The fourth-order valence-electron chi connectivity index (χ4n) is 1.98. The van der Waals surface area contributed by atoms with Crippen molar-refractivity contribution in [3.8, 4) is 11.5 Å². The molecule has 2 aromatic carbocycles. The fraction of sp³-hybridized carbons (Fsp3) is 0.133. The average molecular weight is 317 g/mol. The number of urea groups is 1. The molecule has 23 heavy (non-hydrogen) atoms. The first-order valence-electron chi connectivity index (χ1n) is 6.59. The van der Waals surface area contributed by atoms with E-state index in [4.69, 9.17) is 9.47 Å². The van der Waals surface area contributed by atoms with E-state index in [0.29, 0.717) is 17.2 Å². The lowest BCUT2D eigenvalue weighted by Gasteiger charge is -2.14. The van der Waals surface area contributed by atoms with Gasteiger partial charge in [-0.25, -0.2) is 4.79 Å². The molecule has 120 valence electrons. The summed E-state index contributed by atoms with van der Waals surface area (Å²) in [6.07, 6.45) is 0. The number of amides is 2. The fourth-order valence-corrected chi connectivity index (χ4v) is 1.98. The summed E-state index contributed by atoms with van der Waals surface area (Å²) in [5, 5.41) is 16.0. The van der Waals surface area contributed by atoms with E-state index in [2.05, 4.69) is 10.6 Å². The van der Waals surface area contributed by atoms with E-state index in [9.17, 15) is 14.9 Å². The van der Waals surface area contributed by atoms with Gasteiger partial charge in [-0.3, -0.25) is 10.1 Å². The molecule has 0 aliphatic heterocycles. The van der Waals surface area contributed by atoms with Gasteiger partial charge in [0.1, 0.15) is 22.9 Å². The second-order valence-corrected chi connectivity index (χ2v) is 4.39. The number of benzene rings is 2. The number of para-hydroxylation sites is 3. The quantitative estimate of drug-likeness (QED) is 0.651. The van der Waals surface area contributed by atoms with Crippen LogP contribution in [0.1, 0.15) is 0 Å². The minimum absolute atomic E-state index is 0.0869. The number of hydrogen-bond acceptors (Lipinski definition) is 5. The number of methoxy groups -OCH3 is 2. The maximum Gasteiger partial charge on any atom is 0.324 e. The average Bonchev–Trinajstić information content (AvgIpc) is 2.55. The molecule has 0 atom stereocenters. The Morgan fingerprint density at radius 3 is 2.17 bits per heavy atom. The Labute approximate surface area is 132 Å². The third-order valence-corrected chi connectivity index (χ3v) is 3.02. The number of nitrogens with zero attached hydrogens (tertiary/aromatic N) is 1. The highest BCUT2D eigenvalue weighted by molar-refractivity contribution is 6.03. The first-order chi connectivity index (χ1) is 11.1. The maximum atomic E-state index is 12.1. The number of rotatable bonds is 5. The number of nitro benzene ring substituents is 1. The highest BCUT2D eigenvalue weighted by Crippen LogP contribution is 2.34. The van der Waals surface area contributed by atoms with Crippen molar-refractivity contribution in [3.05, 3.63) is 52.6 Å². The van der Waals surface area contributed by atoms with E-state index >= 15 is 0 Å². The Bertz CT molecular complexity index is 711. The molecule has 8 nitrogen and oxygen atoms in total. The number of nitrogens with one attached hydrogen (secondary N) is 2. The van der Waals surface area contributed by atoms with E-state index < -0.39 is 11.0 Å². The summed E-state index contributed by atoms with van der Waals surface area (Å²) >= 11 is 0. The van der Waals surface area contributed by atoms with Gasteiger partial charge < -0.3 is 20.1 Å². The van der Waals surface area contributed by atoms with Crippen LogP contribution in [0.25, 0.3) is 0 Å². The molecule has 0 aromatic heterocycles. The van der Waals surface area contributed by atoms with E-state index in [1.165, 1.54) is 32.4 Å². The van der Waals surface area contributed by atoms with Crippen LogP contribution in [0, 0.1) is 10.1 Å². The molecule has 2 rings (SSSR count). The van der Waals surface area contributed by atoms with Crippen LogP contribution in [0.15, 0.2) is 42.5 Å². The number of anilines is 2. The first kappa shape index (κ1) is 16.1. The Morgan fingerprint density at radius 1 is 1.00 bits per heavy atom. The molecular weight excluding hydrogens is 302 g/mol. The smallest absolute Gasteiger partial charge is 0.324 e. The largest absolute Gasteiger partial charge is 0.494 e. The SMILES string of the molecule is COc1cccc(OC)c1NC(=O)Nc1ccccc1[N+](=O)[O-]. The predicted molar refractivity (Wildman–Crippen MR) is 85.3 cm³/mol. The van der Waals surface area contributed by atoms with Gasteiger partial charge in [0, 0.05) is 6.07 Å². The molecule has 0 saturated carbocycles. The molecule has 0 fully saturated rings. The molecule has 8 heteroatoms. The second-order valence-electron chi connectivity index (χ2n) is 4.39. The standard InChI is InChI=1S/C15H15N3O5/c1-22-12-8-5-9-13(23-2)14(12)17-15(19)16-10-6-3-4-7-11(10)18(20)21/h3-9H,1-2H3,(H2,16,17,19). The van der Waals surface area contributed by atoms with Gasteiger partial charge in [-0.1, -0.05) is 18.2 Å². The van der Waals surface area contributed by atoms with Crippen LogP contribution in [0.3, 0.4) is 0 Å². The zero-order valence-electron chi connectivity index (χ0n) is 12.5. The van der Waals surface area contributed by atoms with Gasteiger partial charge >= 0.3 is 6.03 Å². The molecule has 0 aliphatic carbocycles. The molecule has 0 spiro atoms. The van der Waals surface area contributed by atoms with Crippen molar-refractivity contribution in [2.45, 2.75) is 0 Å². The van der Waals surface area contributed by atoms with Gasteiger partial charge in [0.2, 0.25) is 0 Å². The third kappa shape index (κ3) is 3.67. The molecule has 0 saturated heterocycles. The van der Waals surface area contributed by atoms with Gasteiger partial charge in [-0.2, -0.15) is 0 Å². The Hall–Kier alpha value is -3.29. The predicted octanol–water partition coefficient (Wildman–Crippen LogP) is 3.26. The Kier molecular flexibility index (Phi) is 4.98. The van der Waals surface area contributed by atoms with E-state index in [1.54, 1.807) is 24.3 Å². The highest BCUT2D eigenvalue weighted by Gasteiger charge is 2.17. The molecule has 0 aliphatic rings. The summed E-state index contributed by atoms with van der Waals surface area (Å²) in [5.41, 5.74) is 0.215. The molecule has 0 radical (unpaired) electrons. The van der Waals surface area contributed by atoms with Crippen LogP contribution in [-0.2, 0) is 0 Å². The molecule has 2 N–H and O–H groups in total. The zero-order chi connectivity index (χ0) is 16.8. The zero-order valence-corrected chi connectivity index (χ0v) is 12.5. The minimum Gasteiger partial charge on any atom is -0.494 e. The molecule has 0 bridgehead atoms. The number of carbonyl (C=O) groups excluding carboxylic acids is 1. The minimum atomic E-state index is -0.651. The van der Waals surface area contributed by atoms with Crippen LogP contribution in [0.4, 0.5) is 21.9 Å². The van der Waals surface area contributed by atoms with Crippen molar-refractivity contribution in [2.24, 2.45) is 0 Å². The van der Waals surface area contributed by atoms with Crippen molar-refractivity contribution < 1.29 is 19.2 Å². The van der Waals surface area contributed by atoms with Crippen LogP contribution in [0.2, 0.25) is 0 Å². The second kappa shape index (κ2) is 7.12. The third-order valence-electron chi connectivity index (χ3n) is 3.02. The summed E-state index contributed by atoms with van der Waals surface area (Å²) in [5.74, 6) is 0.809. The van der Waals surface area contributed by atoms with Crippen LogP contribution in [-0.4, -0.2) is 25.2 Å². The summed E-state index contributed by atoms with van der Waals surface area (Å²) < 4.78 is 10.3. The van der Waals surface area contributed by atoms with Crippen molar-refractivity contribution in [2.75, 3.05) is 24.9 Å². The molecule has 0 heterocycles. The van der Waals surface area contributed by atoms with Gasteiger partial charge in [0.25, 0.3) is 5.69 Å². The number of carbonyl (C=O) groups is 1. The van der Waals surface area contributed by atoms with Gasteiger partial charge in [0.05, 0.1) is 19.1 Å². The normalized spacial score (nSPS) is 9.83.